The summed E-state index contributed by atoms with van der Waals surface area (Å²) in [6.07, 6.45) is 4.00. The lowest BCUT2D eigenvalue weighted by Gasteiger charge is -2.11. The quantitative estimate of drug-likeness (QED) is 0.861. The molecule has 1 heterocycles. The van der Waals surface area contributed by atoms with Crippen LogP contribution in [0.3, 0.4) is 0 Å². The van der Waals surface area contributed by atoms with Crippen LogP contribution in [0.15, 0.2) is 5.38 Å². The second-order valence-corrected chi connectivity index (χ2v) is 6.05. The summed E-state index contributed by atoms with van der Waals surface area (Å²) in [6.45, 7) is 3.12. The highest BCUT2D eigenvalue weighted by molar-refractivity contribution is 7.99. The van der Waals surface area contributed by atoms with E-state index in [-0.39, 0.29) is 0 Å². The Bertz CT molecular complexity index is 276. The fourth-order valence-electron chi connectivity index (χ4n) is 2.02. The molecule has 0 radical (unpaired) electrons. The lowest BCUT2D eigenvalue weighted by molar-refractivity contribution is 0.520. The number of hydrogen-bond donors (Lipinski definition) is 1. The first-order valence-corrected chi connectivity index (χ1v) is 7.38. The largest absolute Gasteiger partial charge is 0.308 e. The maximum Gasteiger partial charge on any atom is 0.0893 e. The van der Waals surface area contributed by atoms with Gasteiger partial charge in [-0.05, 0) is 36.5 Å². The molecule has 1 aromatic heterocycles. The standard InChI is InChI=1S/C10H17N3S2/c1-2-14-10-4-3-8(5-10)11-6-9-7-15-13-12-9/h7-8,10-11H,2-6H2,1H3. The molecule has 1 aliphatic carbocycles. The molecule has 1 saturated carbocycles. The van der Waals surface area contributed by atoms with Crippen LogP contribution in [-0.4, -0.2) is 26.6 Å². The van der Waals surface area contributed by atoms with E-state index >= 15 is 0 Å². The van der Waals surface area contributed by atoms with Gasteiger partial charge in [0.25, 0.3) is 0 Å². The van der Waals surface area contributed by atoms with Gasteiger partial charge in [0.15, 0.2) is 0 Å². The average molecular weight is 243 g/mol. The molecule has 1 aliphatic rings. The molecule has 84 valence electrons. The second-order valence-electron chi connectivity index (χ2n) is 3.86. The van der Waals surface area contributed by atoms with E-state index in [0.29, 0.717) is 6.04 Å². The highest BCUT2D eigenvalue weighted by Gasteiger charge is 2.23. The molecule has 2 atom stereocenters. The van der Waals surface area contributed by atoms with Crippen molar-refractivity contribution in [1.82, 2.24) is 14.9 Å². The Labute approximate surface area is 99.2 Å². The van der Waals surface area contributed by atoms with Crippen LogP contribution in [0.4, 0.5) is 0 Å². The zero-order valence-corrected chi connectivity index (χ0v) is 10.6. The van der Waals surface area contributed by atoms with Crippen molar-refractivity contribution in [3.8, 4) is 0 Å². The number of thioether (sulfide) groups is 1. The minimum atomic E-state index is 0.691. The van der Waals surface area contributed by atoms with Crippen molar-refractivity contribution in [1.29, 1.82) is 0 Å². The van der Waals surface area contributed by atoms with Gasteiger partial charge in [-0.2, -0.15) is 11.8 Å². The van der Waals surface area contributed by atoms with E-state index < -0.39 is 0 Å². The predicted octanol–water partition coefficient (Wildman–Crippen LogP) is 2.30. The summed E-state index contributed by atoms with van der Waals surface area (Å²) in [5.41, 5.74) is 1.08. The molecule has 2 unspecified atom stereocenters. The number of rotatable bonds is 5. The predicted molar refractivity (Wildman–Crippen MR) is 66.3 cm³/mol. The Morgan fingerprint density at radius 3 is 3.27 bits per heavy atom. The fraction of sp³-hybridized carbons (Fsp3) is 0.800. The van der Waals surface area contributed by atoms with E-state index in [0.717, 1.165) is 17.5 Å². The second kappa shape index (κ2) is 5.82. The lowest BCUT2D eigenvalue weighted by atomic mass is 10.2. The number of nitrogens with one attached hydrogen (secondary N) is 1. The normalized spacial score (nSPS) is 25.9. The molecule has 0 saturated heterocycles. The Morgan fingerprint density at radius 2 is 2.53 bits per heavy atom. The summed E-state index contributed by atoms with van der Waals surface area (Å²) >= 11 is 3.53. The Morgan fingerprint density at radius 1 is 1.60 bits per heavy atom. The molecule has 1 fully saturated rings. The van der Waals surface area contributed by atoms with Crippen molar-refractivity contribution in [3.05, 3.63) is 11.1 Å². The van der Waals surface area contributed by atoms with Crippen molar-refractivity contribution in [2.75, 3.05) is 5.75 Å². The topological polar surface area (TPSA) is 37.8 Å². The molecule has 0 bridgehead atoms. The van der Waals surface area contributed by atoms with E-state index in [1.807, 2.05) is 5.38 Å². The molecular weight excluding hydrogens is 226 g/mol. The first kappa shape index (κ1) is 11.4. The van der Waals surface area contributed by atoms with Crippen LogP contribution >= 0.6 is 23.3 Å². The monoisotopic (exact) mass is 243 g/mol. The summed E-state index contributed by atoms with van der Waals surface area (Å²) in [7, 11) is 0. The van der Waals surface area contributed by atoms with E-state index in [2.05, 4.69) is 33.6 Å². The molecule has 1 N–H and O–H groups in total. The van der Waals surface area contributed by atoms with Crippen molar-refractivity contribution in [3.63, 3.8) is 0 Å². The van der Waals surface area contributed by atoms with Gasteiger partial charge >= 0.3 is 0 Å². The third-order valence-electron chi connectivity index (χ3n) is 2.76. The third-order valence-corrected chi connectivity index (χ3v) is 4.55. The van der Waals surface area contributed by atoms with Crippen LogP contribution in [0, 0.1) is 0 Å². The van der Waals surface area contributed by atoms with Gasteiger partial charge in [-0.15, -0.1) is 5.10 Å². The van der Waals surface area contributed by atoms with Gasteiger partial charge in [0, 0.05) is 23.2 Å². The van der Waals surface area contributed by atoms with Gasteiger partial charge in [-0.25, -0.2) is 0 Å². The molecule has 5 heteroatoms. The van der Waals surface area contributed by atoms with Gasteiger partial charge in [0.05, 0.1) is 5.69 Å². The third kappa shape index (κ3) is 3.43. The van der Waals surface area contributed by atoms with Crippen molar-refractivity contribution >= 4 is 23.3 Å². The molecule has 3 nitrogen and oxygen atoms in total. The van der Waals surface area contributed by atoms with E-state index in [4.69, 9.17) is 0 Å². The highest BCUT2D eigenvalue weighted by Crippen LogP contribution is 2.29. The van der Waals surface area contributed by atoms with Gasteiger partial charge in [0.1, 0.15) is 0 Å². The van der Waals surface area contributed by atoms with Gasteiger partial charge in [0.2, 0.25) is 0 Å². The number of hydrogen-bond acceptors (Lipinski definition) is 5. The zero-order chi connectivity index (χ0) is 10.5. The van der Waals surface area contributed by atoms with Crippen LogP contribution in [0.1, 0.15) is 31.9 Å². The maximum absolute atomic E-state index is 4.03. The molecule has 0 amide bonds. The van der Waals surface area contributed by atoms with Crippen LogP contribution in [0.5, 0.6) is 0 Å². The first-order valence-electron chi connectivity index (χ1n) is 5.49. The van der Waals surface area contributed by atoms with Crippen LogP contribution in [0.2, 0.25) is 0 Å². The van der Waals surface area contributed by atoms with Crippen molar-refractivity contribution in [2.24, 2.45) is 0 Å². The van der Waals surface area contributed by atoms with E-state index in [1.54, 1.807) is 0 Å². The Hall–Kier alpha value is -0.130. The van der Waals surface area contributed by atoms with E-state index in [9.17, 15) is 0 Å². The molecule has 0 aromatic carbocycles. The molecule has 0 aliphatic heterocycles. The van der Waals surface area contributed by atoms with Crippen molar-refractivity contribution in [2.45, 2.75) is 44.0 Å². The SMILES string of the molecule is CCSC1CCC(NCc2csnn2)C1. The summed E-state index contributed by atoms with van der Waals surface area (Å²) in [5, 5.41) is 10.5. The van der Waals surface area contributed by atoms with Gasteiger partial charge < -0.3 is 5.32 Å². The highest BCUT2D eigenvalue weighted by atomic mass is 32.2. The Balaban J connectivity index is 1.69. The summed E-state index contributed by atoms with van der Waals surface area (Å²) in [6, 6.07) is 0.691. The van der Waals surface area contributed by atoms with Crippen LogP contribution in [0.25, 0.3) is 0 Å². The van der Waals surface area contributed by atoms with Crippen LogP contribution in [-0.2, 0) is 6.54 Å². The van der Waals surface area contributed by atoms with Crippen LogP contribution < -0.4 is 5.32 Å². The minimum absolute atomic E-state index is 0.691. The Kier molecular flexibility index (Phi) is 4.41. The molecule has 2 rings (SSSR count). The van der Waals surface area contributed by atoms with Gasteiger partial charge in [-0.1, -0.05) is 11.4 Å². The molecule has 0 spiro atoms. The minimum Gasteiger partial charge on any atom is -0.308 e. The summed E-state index contributed by atoms with van der Waals surface area (Å²) in [5.74, 6) is 1.24. The number of aromatic nitrogens is 2. The fourth-order valence-corrected chi connectivity index (χ4v) is 3.62. The molecular formula is C10H17N3S2. The van der Waals surface area contributed by atoms with Gasteiger partial charge in [-0.3, -0.25) is 0 Å². The van der Waals surface area contributed by atoms with Crippen molar-refractivity contribution < 1.29 is 0 Å². The molecule has 15 heavy (non-hydrogen) atoms. The number of nitrogens with zero attached hydrogens (tertiary/aromatic N) is 2. The lowest BCUT2D eigenvalue weighted by Crippen LogP contribution is -2.26. The average Bonchev–Trinajstić information content (AvgIpc) is 2.85. The summed E-state index contributed by atoms with van der Waals surface area (Å²) < 4.78 is 3.86. The van der Waals surface area contributed by atoms with E-state index in [1.165, 1.54) is 36.5 Å². The molecule has 1 aromatic rings. The summed E-state index contributed by atoms with van der Waals surface area (Å²) in [4.78, 5) is 0. The first-order chi connectivity index (χ1) is 7.38. The smallest absolute Gasteiger partial charge is 0.0893 e. The zero-order valence-electron chi connectivity index (χ0n) is 8.98. The maximum atomic E-state index is 4.03.